The standard InChI is InChI=1S/C26H30N6O4/c1-4-8-24(34)32-25(27-28-29-32)22-10-6-5-9-21(22)20-14-12-19(13-15-20)17-31(18(2)33)30-16-7-11-23(30)26(35)36-3/h5-6,9-10,12-15,23H,4,7-8,11,16-17H2,1-3H3. The van der Waals surface area contributed by atoms with E-state index in [1.807, 2.05) is 60.5 Å². The Morgan fingerprint density at radius 2 is 1.81 bits per heavy atom. The molecule has 4 rings (SSSR count). The Morgan fingerprint density at radius 1 is 1.08 bits per heavy atom. The summed E-state index contributed by atoms with van der Waals surface area (Å²) in [5, 5.41) is 15.2. The van der Waals surface area contributed by atoms with Crippen LogP contribution in [-0.2, 0) is 20.9 Å². The highest BCUT2D eigenvalue weighted by Crippen LogP contribution is 2.31. The number of nitrogens with zero attached hydrogens (tertiary/aromatic N) is 6. The van der Waals surface area contributed by atoms with Crippen LogP contribution in [0.2, 0.25) is 0 Å². The molecule has 1 amide bonds. The van der Waals surface area contributed by atoms with Crippen LogP contribution in [0.4, 0.5) is 0 Å². The summed E-state index contributed by atoms with van der Waals surface area (Å²) < 4.78 is 6.19. The van der Waals surface area contributed by atoms with Crippen LogP contribution in [0.5, 0.6) is 0 Å². The lowest BCUT2D eigenvalue weighted by molar-refractivity contribution is -0.162. The van der Waals surface area contributed by atoms with Crippen molar-refractivity contribution >= 4 is 17.8 Å². The van der Waals surface area contributed by atoms with Crippen molar-refractivity contribution in [2.24, 2.45) is 0 Å². The summed E-state index contributed by atoms with van der Waals surface area (Å²) in [6, 6.07) is 15.1. The molecule has 1 aliphatic heterocycles. The summed E-state index contributed by atoms with van der Waals surface area (Å²) in [4.78, 5) is 37.2. The lowest BCUT2D eigenvalue weighted by atomic mass is 9.98. The van der Waals surface area contributed by atoms with E-state index in [1.54, 1.807) is 5.01 Å². The van der Waals surface area contributed by atoms with Gasteiger partial charge in [0.05, 0.1) is 13.7 Å². The van der Waals surface area contributed by atoms with E-state index in [1.165, 1.54) is 18.7 Å². The Labute approximate surface area is 209 Å². The molecule has 188 valence electrons. The lowest BCUT2D eigenvalue weighted by Crippen LogP contribution is -2.50. The zero-order valence-corrected chi connectivity index (χ0v) is 20.8. The first kappa shape index (κ1) is 25.2. The third-order valence-corrected chi connectivity index (χ3v) is 6.31. The number of hydrogen-bond acceptors (Lipinski definition) is 8. The predicted molar refractivity (Wildman–Crippen MR) is 132 cm³/mol. The summed E-state index contributed by atoms with van der Waals surface area (Å²) in [6.45, 7) is 4.40. The number of methoxy groups -OCH3 is 1. The highest BCUT2D eigenvalue weighted by Gasteiger charge is 2.36. The molecule has 0 N–H and O–H groups in total. The Bertz CT molecular complexity index is 1240. The van der Waals surface area contributed by atoms with Gasteiger partial charge in [-0.2, -0.15) is 4.68 Å². The maximum Gasteiger partial charge on any atom is 0.324 e. The molecule has 1 saturated heterocycles. The van der Waals surface area contributed by atoms with Crippen LogP contribution in [0, 0.1) is 0 Å². The molecule has 10 heteroatoms. The van der Waals surface area contributed by atoms with E-state index < -0.39 is 6.04 Å². The van der Waals surface area contributed by atoms with Gasteiger partial charge in [-0.1, -0.05) is 55.5 Å². The molecular formula is C26H30N6O4. The summed E-state index contributed by atoms with van der Waals surface area (Å²) >= 11 is 0. The quantitative estimate of drug-likeness (QED) is 0.349. The molecule has 36 heavy (non-hydrogen) atoms. The molecule has 2 heterocycles. The molecule has 10 nitrogen and oxygen atoms in total. The molecule has 1 aliphatic rings. The molecule has 0 radical (unpaired) electrons. The summed E-state index contributed by atoms with van der Waals surface area (Å²) in [7, 11) is 1.37. The van der Waals surface area contributed by atoms with Crippen LogP contribution >= 0.6 is 0 Å². The molecule has 0 spiro atoms. The first-order valence-corrected chi connectivity index (χ1v) is 12.1. The molecule has 0 bridgehead atoms. The van der Waals surface area contributed by atoms with E-state index in [0.29, 0.717) is 38.2 Å². The van der Waals surface area contributed by atoms with Crippen LogP contribution in [0.25, 0.3) is 22.5 Å². The highest BCUT2D eigenvalue weighted by molar-refractivity contribution is 5.86. The second-order valence-corrected chi connectivity index (χ2v) is 8.72. The minimum absolute atomic E-state index is 0.135. The first-order valence-electron chi connectivity index (χ1n) is 12.1. The Morgan fingerprint density at radius 3 is 2.47 bits per heavy atom. The largest absolute Gasteiger partial charge is 0.468 e. The monoisotopic (exact) mass is 490 g/mol. The van der Waals surface area contributed by atoms with Crippen molar-refractivity contribution < 1.29 is 19.1 Å². The van der Waals surface area contributed by atoms with Gasteiger partial charge in [-0.25, -0.2) is 5.01 Å². The molecular weight excluding hydrogens is 460 g/mol. The van der Waals surface area contributed by atoms with Crippen LogP contribution in [0.15, 0.2) is 48.5 Å². The molecule has 3 aromatic rings. The van der Waals surface area contributed by atoms with E-state index in [0.717, 1.165) is 28.7 Å². The number of hydrazine groups is 1. The van der Waals surface area contributed by atoms with Gasteiger partial charge in [0.2, 0.25) is 11.8 Å². The molecule has 0 aliphatic carbocycles. The van der Waals surface area contributed by atoms with Crippen molar-refractivity contribution in [3.63, 3.8) is 0 Å². The fourth-order valence-electron chi connectivity index (χ4n) is 4.53. The van der Waals surface area contributed by atoms with Crippen molar-refractivity contribution in [1.29, 1.82) is 0 Å². The van der Waals surface area contributed by atoms with Crippen molar-refractivity contribution in [2.45, 2.75) is 52.1 Å². The smallest absolute Gasteiger partial charge is 0.324 e. The van der Waals surface area contributed by atoms with Crippen LogP contribution in [0.1, 0.15) is 49.9 Å². The lowest BCUT2D eigenvalue weighted by Gasteiger charge is -2.34. The number of aromatic nitrogens is 4. The van der Waals surface area contributed by atoms with Gasteiger partial charge in [0.1, 0.15) is 6.04 Å². The Balaban J connectivity index is 1.59. The van der Waals surface area contributed by atoms with Gasteiger partial charge in [0.25, 0.3) is 0 Å². The minimum Gasteiger partial charge on any atom is -0.468 e. The molecule has 1 unspecified atom stereocenters. The van der Waals surface area contributed by atoms with E-state index >= 15 is 0 Å². The second kappa shape index (κ2) is 11.2. The Kier molecular flexibility index (Phi) is 7.84. The van der Waals surface area contributed by atoms with Crippen molar-refractivity contribution in [3.8, 4) is 22.5 Å². The number of ether oxygens (including phenoxy) is 1. The average molecular weight is 491 g/mol. The molecule has 1 fully saturated rings. The normalized spacial score (nSPS) is 15.6. The van der Waals surface area contributed by atoms with Gasteiger partial charge in [0.15, 0.2) is 5.82 Å². The predicted octanol–water partition coefficient (Wildman–Crippen LogP) is 3.35. The number of esters is 1. The number of hydrogen-bond donors (Lipinski definition) is 0. The minimum atomic E-state index is -0.452. The fourth-order valence-corrected chi connectivity index (χ4v) is 4.53. The van der Waals surface area contributed by atoms with Gasteiger partial charge >= 0.3 is 5.97 Å². The molecule has 1 aromatic heterocycles. The first-order chi connectivity index (χ1) is 17.4. The van der Waals surface area contributed by atoms with E-state index in [2.05, 4.69) is 15.5 Å². The number of carbonyl (C=O) groups excluding carboxylic acids is 3. The summed E-state index contributed by atoms with van der Waals surface area (Å²) in [5.74, 6) is -0.216. The summed E-state index contributed by atoms with van der Waals surface area (Å²) in [5.41, 5.74) is 3.49. The zero-order chi connectivity index (χ0) is 25.7. The van der Waals surface area contributed by atoms with Crippen molar-refractivity contribution in [2.75, 3.05) is 13.7 Å². The summed E-state index contributed by atoms with van der Waals surface area (Å²) in [6.07, 6.45) is 2.54. The SMILES string of the molecule is CCCC(=O)n1nnnc1-c1ccccc1-c1ccc(CN(C(C)=O)N2CCCC2C(=O)OC)cc1. The van der Waals surface area contributed by atoms with E-state index in [-0.39, 0.29) is 17.8 Å². The average Bonchev–Trinajstić information content (AvgIpc) is 3.57. The maximum absolute atomic E-state index is 12.5. The topological polar surface area (TPSA) is 111 Å². The van der Waals surface area contributed by atoms with Gasteiger partial charge in [-0.15, -0.1) is 5.10 Å². The number of benzene rings is 2. The molecule has 1 atom stereocenters. The second-order valence-electron chi connectivity index (χ2n) is 8.72. The van der Waals surface area contributed by atoms with Gasteiger partial charge in [-0.3, -0.25) is 19.4 Å². The van der Waals surface area contributed by atoms with Gasteiger partial charge < -0.3 is 4.74 Å². The van der Waals surface area contributed by atoms with Crippen LogP contribution in [-0.4, -0.2) is 67.7 Å². The van der Waals surface area contributed by atoms with E-state index in [9.17, 15) is 14.4 Å². The van der Waals surface area contributed by atoms with Gasteiger partial charge in [0, 0.05) is 25.5 Å². The Hall–Kier alpha value is -3.92. The van der Waals surface area contributed by atoms with Crippen molar-refractivity contribution in [1.82, 2.24) is 30.2 Å². The number of rotatable bonds is 8. The maximum atomic E-state index is 12.5. The van der Waals surface area contributed by atoms with Crippen molar-refractivity contribution in [3.05, 3.63) is 54.1 Å². The third-order valence-electron chi connectivity index (χ3n) is 6.31. The number of amides is 1. The van der Waals surface area contributed by atoms with Crippen LogP contribution in [0.3, 0.4) is 0 Å². The number of tetrazole rings is 1. The highest BCUT2D eigenvalue weighted by atomic mass is 16.5. The third kappa shape index (κ3) is 5.18. The van der Waals surface area contributed by atoms with Gasteiger partial charge in [-0.05, 0) is 46.4 Å². The molecule has 2 aromatic carbocycles. The number of carbonyl (C=O) groups is 3. The van der Waals surface area contributed by atoms with Crippen LogP contribution < -0.4 is 0 Å². The fraction of sp³-hybridized carbons (Fsp3) is 0.385. The van der Waals surface area contributed by atoms with E-state index in [4.69, 9.17) is 4.74 Å². The molecule has 0 saturated carbocycles. The zero-order valence-electron chi connectivity index (χ0n) is 20.8.